The van der Waals surface area contributed by atoms with Crippen molar-refractivity contribution < 1.29 is 0 Å². The van der Waals surface area contributed by atoms with Crippen molar-refractivity contribution in [1.82, 2.24) is 0 Å². The van der Waals surface area contributed by atoms with E-state index < -0.39 is 0 Å². The molecule has 0 aromatic heterocycles. The van der Waals surface area contributed by atoms with Crippen molar-refractivity contribution in [3.8, 4) is 0 Å². The van der Waals surface area contributed by atoms with Gasteiger partial charge in [0, 0.05) is 0 Å². The van der Waals surface area contributed by atoms with Gasteiger partial charge in [-0.25, -0.2) is 0 Å². The summed E-state index contributed by atoms with van der Waals surface area (Å²) in [5.74, 6) is 0. The quantitative estimate of drug-likeness (QED) is 0.487. The van der Waals surface area contributed by atoms with Gasteiger partial charge in [0.2, 0.25) is 0 Å². The molecular weight excluding hydrogens is 96.1 g/mol. The Morgan fingerprint density at radius 1 is 1.75 bits per heavy atom. The molecule has 0 aromatic carbocycles. The number of allylic oxidation sites excluding steroid dienone is 2. The molecular formula is C8H13. The van der Waals surface area contributed by atoms with Crippen LogP contribution in [0.3, 0.4) is 0 Å². The summed E-state index contributed by atoms with van der Waals surface area (Å²) in [6.07, 6.45) is 4.77. The molecule has 0 fully saturated rings. The fraction of sp³-hybridized carbons (Fsp3) is 0.500. The summed E-state index contributed by atoms with van der Waals surface area (Å²) < 4.78 is 0. The van der Waals surface area contributed by atoms with E-state index in [9.17, 15) is 0 Å². The van der Waals surface area contributed by atoms with Crippen LogP contribution in [0.4, 0.5) is 0 Å². The first-order chi connectivity index (χ1) is 3.81. The topological polar surface area (TPSA) is 0 Å². The Bertz CT molecular complexity index is 80.0. The molecule has 0 unspecified atom stereocenters. The Kier molecular flexibility index (Phi) is 4.33. The summed E-state index contributed by atoms with van der Waals surface area (Å²) in [6, 6.07) is 0. The molecule has 0 bridgehead atoms. The molecule has 0 spiro atoms. The number of hydrogen-bond acceptors (Lipinski definition) is 0. The lowest BCUT2D eigenvalue weighted by atomic mass is 10.1. The molecule has 1 radical (unpaired) electrons. The average molecular weight is 109 g/mol. The summed E-state index contributed by atoms with van der Waals surface area (Å²) in [4.78, 5) is 0. The molecule has 0 N–H and O–H groups in total. The molecule has 0 rings (SSSR count). The van der Waals surface area contributed by atoms with E-state index in [-0.39, 0.29) is 0 Å². The van der Waals surface area contributed by atoms with Gasteiger partial charge in [0.1, 0.15) is 0 Å². The van der Waals surface area contributed by atoms with Crippen LogP contribution in [0.15, 0.2) is 18.2 Å². The minimum atomic E-state index is 0.965. The van der Waals surface area contributed by atoms with Crippen LogP contribution in [0.5, 0.6) is 0 Å². The maximum absolute atomic E-state index is 5.17. The average Bonchev–Trinajstić information content (AvgIpc) is 1.83. The first-order valence-electron chi connectivity index (χ1n) is 3.01. The lowest BCUT2D eigenvalue weighted by Gasteiger charge is -1.95. The van der Waals surface area contributed by atoms with Gasteiger partial charge in [0.15, 0.2) is 0 Å². The zero-order valence-electron chi connectivity index (χ0n) is 5.48. The van der Waals surface area contributed by atoms with Crippen molar-refractivity contribution in [3.63, 3.8) is 0 Å². The Hall–Kier alpha value is -0.520. The second kappa shape index (κ2) is 4.63. The van der Waals surface area contributed by atoms with Crippen LogP contribution in [0.1, 0.15) is 26.2 Å². The highest BCUT2D eigenvalue weighted by molar-refractivity contribution is 4.93. The normalized spacial score (nSPS) is 8.62. The van der Waals surface area contributed by atoms with Crippen LogP contribution in [-0.2, 0) is 0 Å². The van der Waals surface area contributed by atoms with Crippen molar-refractivity contribution in [2.45, 2.75) is 26.2 Å². The Labute approximate surface area is 51.9 Å². The van der Waals surface area contributed by atoms with E-state index in [1.165, 1.54) is 5.57 Å². The number of rotatable bonds is 4. The van der Waals surface area contributed by atoms with Gasteiger partial charge in [-0.3, -0.25) is 0 Å². The van der Waals surface area contributed by atoms with E-state index >= 15 is 0 Å². The highest BCUT2D eigenvalue weighted by atomic mass is 13.9. The molecule has 0 atom stereocenters. The predicted molar refractivity (Wildman–Crippen MR) is 37.5 cm³/mol. The summed E-state index contributed by atoms with van der Waals surface area (Å²) in [5.41, 5.74) is 1.28. The second-order valence-corrected chi connectivity index (χ2v) is 1.88. The van der Waals surface area contributed by atoms with Gasteiger partial charge in [0.05, 0.1) is 0 Å². The lowest BCUT2D eigenvalue weighted by molar-refractivity contribution is 0.915. The largest absolute Gasteiger partial charge is 0.0999 e. The Morgan fingerprint density at radius 3 is 2.75 bits per heavy atom. The predicted octanol–water partition coefficient (Wildman–Crippen LogP) is 2.72. The molecule has 0 aliphatic rings. The number of hydrogen-bond donors (Lipinski definition) is 0. The Morgan fingerprint density at radius 2 is 2.38 bits per heavy atom. The zero-order valence-corrected chi connectivity index (χ0v) is 5.48. The van der Waals surface area contributed by atoms with Crippen molar-refractivity contribution in [2.75, 3.05) is 0 Å². The van der Waals surface area contributed by atoms with E-state index in [2.05, 4.69) is 13.5 Å². The van der Waals surface area contributed by atoms with E-state index in [0.717, 1.165) is 19.3 Å². The molecule has 45 valence electrons. The van der Waals surface area contributed by atoms with Crippen LogP contribution in [-0.4, -0.2) is 0 Å². The van der Waals surface area contributed by atoms with Crippen molar-refractivity contribution in [2.24, 2.45) is 0 Å². The maximum atomic E-state index is 5.17. The monoisotopic (exact) mass is 109 g/mol. The van der Waals surface area contributed by atoms with Gasteiger partial charge in [-0.1, -0.05) is 31.7 Å². The molecule has 8 heavy (non-hydrogen) atoms. The third-order valence-corrected chi connectivity index (χ3v) is 1.16. The molecule has 0 saturated carbocycles. The maximum Gasteiger partial charge on any atom is -0.0288 e. The minimum absolute atomic E-state index is 0.965. The van der Waals surface area contributed by atoms with Gasteiger partial charge in [0.25, 0.3) is 0 Å². The molecule has 0 aliphatic carbocycles. The molecule has 0 amide bonds. The standard InChI is InChI=1S/C8H13/c1-4-6-7-8(3)5-2/h1,4H,3,5-7H2,2H3. The minimum Gasteiger partial charge on any atom is -0.0999 e. The van der Waals surface area contributed by atoms with Crippen LogP contribution in [0.2, 0.25) is 0 Å². The van der Waals surface area contributed by atoms with Gasteiger partial charge < -0.3 is 0 Å². The van der Waals surface area contributed by atoms with Gasteiger partial charge >= 0.3 is 0 Å². The van der Waals surface area contributed by atoms with Crippen LogP contribution in [0.25, 0.3) is 0 Å². The van der Waals surface area contributed by atoms with E-state index in [4.69, 9.17) is 6.58 Å². The third kappa shape index (κ3) is 3.66. The first-order valence-corrected chi connectivity index (χ1v) is 3.01. The SMILES string of the molecule is [CH]=CCCC(=C)CC. The highest BCUT2D eigenvalue weighted by Gasteiger charge is 1.85. The van der Waals surface area contributed by atoms with E-state index in [1.54, 1.807) is 6.08 Å². The second-order valence-electron chi connectivity index (χ2n) is 1.88. The summed E-state index contributed by atoms with van der Waals surface area (Å²) in [7, 11) is 0. The van der Waals surface area contributed by atoms with Crippen molar-refractivity contribution >= 4 is 0 Å². The van der Waals surface area contributed by atoms with Gasteiger partial charge in [-0.15, -0.1) is 0 Å². The summed E-state index contributed by atoms with van der Waals surface area (Å²) >= 11 is 0. The van der Waals surface area contributed by atoms with Crippen LogP contribution in [0, 0.1) is 6.58 Å². The smallest absolute Gasteiger partial charge is 0.0288 e. The van der Waals surface area contributed by atoms with E-state index in [1.807, 2.05) is 0 Å². The molecule has 0 nitrogen and oxygen atoms in total. The molecule has 0 saturated heterocycles. The summed E-state index contributed by atoms with van der Waals surface area (Å²) in [6.45, 7) is 11.1. The van der Waals surface area contributed by atoms with Crippen LogP contribution < -0.4 is 0 Å². The third-order valence-electron chi connectivity index (χ3n) is 1.16. The molecule has 0 aliphatic heterocycles. The Balaban J connectivity index is 3.11. The fourth-order valence-corrected chi connectivity index (χ4v) is 0.464. The fourth-order valence-electron chi connectivity index (χ4n) is 0.464. The van der Waals surface area contributed by atoms with Crippen molar-refractivity contribution in [1.29, 1.82) is 0 Å². The zero-order chi connectivity index (χ0) is 6.41. The molecule has 0 heterocycles. The lowest BCUT2D eigenvalue weighted by Crippen LogP contribution is -1.75. The molecule has 0 heteroatoms. The molecule has 0 aromatic rings. The van der Waals surface area contributed by atoms with Gasteiger partial charge in [-0.05, 0) is 19.3 Å². The highest BCUT2D eigenvalue weighted by Crippen LogP contribution is 2.05. The van der Waals surface area contributed by atoms with Crippen LogP contribution >= 0.6 is 0 Å². The summed E-state index contributed by atoms with van der Waals surface area (Å²) in [5, 5.41) is 0. The van der Waals surface area contributed by atoms with Crippen molar-refractivity contribution in [3.05, 3.63) is 24.8 Å². The first kappa shape index (κ1) is 7.48. The van der Waals surface area contributed by atoms with Gasteiger partial charge in [-0.2, -0.15) is 0 Å². The van der Waals surface area contributed by atoms with E-state index in [0.29, 0.717) is 0 Å².